The summed E-state index contributed by atoms with van der Waals surface area (Å²) in [5, 5.41) is 10.5. The van der Waals surface area contributed by atoms with E-state index in [1.165, 1.54) is 0 Å². The largest absolute Gasteiger partial charge is 0.461 e. The Balaban J connectivity index is 1.07. The van der Waals surface area contributed by atoms with Crippen molar-refractivity contribution in [3.8, 4) is 0 Å². The summed E-state index contributed by atoms with van der Waals surface area (Å²) < 4.78 is 18.2. The van der Waals surface area contributed by atoms with Crippen LogP contribution in [0.3, 0.4) is 0 Å². The van der Waals surface area contributed by atoms with Crippen molar-refractivity contribution < 1.29 is 24.1 Å². The van der Waals surface area contributed by atoms with Crippen LogP contribution >= 0.6 is 46.3 Å². The fourth-order valence-corrected chi connectivity index (χ4v) is 8.91. The minimum atomic E-state index is -0.516. The normalized spacial score (nSPS) is 23.3. The van der Waals surface area contributed by atoms with Crippen molar-refractivity contribution in [3.05, 3.63) is 88.3 Å². The number of hydrogen-bond acceptors (Lipinski definition) is 8. The van der Waals surface area contributed by atoms with Gasteiger partial charge in [0, 0.05) is 36.7 Å². The number of morpholine rings is 1. The molecule has 232 valence electrons. The summed E-state index contributed by atoms with van der Waals surface area (Å²) in [6.07, 6.45) is 0.893. The molecule has 1 saturated heterocycles. The van der Waals surface area contributed by atoms with Gasteiger partial charge in [0.1, 0.15) is 6.61 Å². The van der Waals surface area contributed by atoms with Gasteiger partial charge >= 0.3 is 5.97 Å². The molecule has 1 aliphatic heterocycles. The van der Waals surface area contributed by atoms with Crippen molar-refractivity contribution in [1.29, 1.82) is 0 Å². The molecule has 43 heavy (non-hydrogen) atoms. The Kier molecular flexibility index (Phi) is 12.7. The number of rotatable bonds is 14. The van der Waals surface area contributed by atoms with E-state index in [0.29, 0.717) is 38.3 Å². The third kappa shape index (κ3) is 9.68. The number of thiophene rings is 1. The number of aliphatic hydroxyl groups excluding tert-OH is 1. The maximum atomic E-state index is 12.6. The standard InChI is InChI=1S/C33H39Cl2NO5S2/c34-28-19-26(21-40-20-24-7-4-8-25(17-24)33(38)41-16-13-36-11-14-39-15-12-36)27(32(28)35)22-42-31-10-9-30(43-31)29(37)18-23-5-2-1-3-6-23/h1-10,17,26-29,32,37H,11-16,18-22H2/t26-,27-,28?,29?,32?/m1/s1. The Morgan fingerprint density at radius 1 is 1.07 bits per heavy atom. The second-order valence-electron chi connectivity index (χ2n) is 11.1. The van der Waals surface area contributed by atoms with E-state index < -0.39 is 6.10 Å². The molecule has 0 spiro atoms. The van der Waals surface area contributed by atoms with Gasteiger partial charge in [-0.3, -0.25) is 4.90 Å². The van der Waals surface area contributed by atoms with Gasteiger partial charge in [-0.1, -0.05) is 42.5 Å². The molecule has 5 atom stereocenters. The number of benzene rings is 2. The molecule has 2 aliphatic rings. The number of hydrogen-bond donors (Lipinski definition) is 1. The number of alkyl halides is 2. The van der Waals surface area contributed by atoms with E-state index in [1.807, 2.05) is 54.6 Å². The highest BCUT2D eigenvalue weighted by atomic mass is 35.5. The number of ether oxygens (including phenoxy) is 3. The molecular weight excluding hydrogens is 625 g/mol. The molecule has 1 aromatic heterocycles. The van der Waals surface area contributed by atoms with Crippen molar-refractivity contribution >= 4 is 52.3 Å². The van der Waals surface area contributed by atoms with E-state index in [2.05, 4.69) is 11.0 Å². The zero-order valence-corrected chi connectivity index (χ0v) is 27.3. The zero-order chi connectivity index (χ0) is 30.0. The molecule has 0 amide bonds. The van der Waals surface area contributed by atoms with E-state index in [-0.39, 0.29) is 28.6 Å². The summed E-state index contributed by atoms with van der Waals surface area (Å²) in [5.41, 5.74) is 2.58. The van der Waals surface area contributed by atoms with Gasteiger partial charge in [-0.15, -0.1) is 46.3 Å². The Bertz CT molecular complexity index is 1290. The summed E-state index contributed by atoms with van der Waals surface area (Å²) in [4.78, 5) is 15.8. The molecule has 6 nitrogen and oxygen atoms in total. The summed E-state index contributed by atoms with van der Waals surface area (Å²) in [7, 11) is 0. The Labute approximate surface area is 272 Å². The molecule has 1 saturated carbocycles. The van der Waals surface area contributed by atoms with Crippen molar-refractivity contribution in [1.82, 2.24) is 4.90 Å². The van der Waals surface area contributed by atoms with Gasteiger partial charge in [-0.2, -0.15) is 0 Å². The molecule has 2 fully saturated rings. The number of aliphatic hydroxyl groups is 1. The number of thioether (sulfide) groups is 1. The van der Waals surface area contributed by atoms with Crippen LogP contribution in [0.1, 0.15) is 38.9 Å². The van der Waals surface area contributed by atoms with Crippen LogP contribution in [0.15, 0.2) is 70.9 Å². The molecule has 0 bridgehead atoms. The van der Waals surface area contributed by atoms with Crippen LogP contribution in [-0.2, 0) is 27.2 Å². The van der Waals surface area contributed by atoms with Crippen LogP contribution in [0.2, 0.25) is 0 Å². The fraction of sp³-hybridized carbons (Fsp3) is 0.485. The highest BCUT2D eigenvalue weighted by molar-refractivity contribution is 8.01. The zero-order valence-electron chi connectivity index (χ0n) is 24.1. The van der Waals surface area contributed by atoms with Crippen molar-refractivity contribution in [2.75, 3.05) is 51.8 Å². The van der Waals surface area contributed by atoms with Gasteiger partial charge in [0.15, 0.2) is 0 Å². The molecule has 1 aliphatic carbocycles. The molecule has 2 heterocycles. The van der Waals surface area contributed by atoms with E-state index in [4.69, 9.17) is 37.4 Å². The summed E-state index contributed by atoms with van der Waals surface area (Å²) >= 11 is 16.8. The second kappa shape index (κ2) is 16.6. The predicted molar refractivity (Wildman–Crippen MR) is 175 cm³/mol. The van der Waals surface area contributed by atoms with Crippen LogP contribution in [0.4, 0.5) is 0 Å². The third-order valence-corrected chi connectivity index (χ3v) is 11.8. The van der Waals surface area contributed by atoms with Crippen molar-refractivity contribution in [3.63, 3.8) is 0 Å². The minimum Gasteiger partial charge on any atom is -0.461 e. The first-order chi connectivity index (χ1) is 21.0. The van der Waals surface area contributed by atoms with Gasteiger partial charge in [0.05, 0.1) is 53.1 Å². The monoisotopic (exact) mass is 663 g/mol. The van der Waals surface area contributed by atoms with Gasteiger partial charge in [0.2, 0.25) is 0 Å². The molecule has 0 radical (unpaired) electrons. The first kappa shape index (κ1) is 32.8. The Morgan fingerprint density at radius 3 is 2.67 bits per heavy atom. The SMILES string of the molecule is O=C(OCCN1CCOCC1)c1cccc(COC[C@H]2CC(Cl)C(Cl)[C@@H]2CSc2ccc(C(O)Cc3ccccc3)s2)c1. The maximum absolute atomic E-state index is 12.6. The molecule has 5 rings (SSSR count). The summed E-state index contributed by atoms with van der Waals surface area (Å²) in [6, 6.07) is 21.6. The number of esters is 1. The fourth-order valence-electron chi connectivity index (χ4n) is 5.54. The first-order valence-corrected chi connectivity index (χ1v) is 17.5. The van der Waals surface area contributed by atoms with E-state index >= 15 is 0 Å². The van der Waals surface area contributed by atoms with Crippen LogP contribution in [-0.4, -0.2) is 78.5 Å². The van der Waals surface area contributed by atoms with E-state index in [9.17, 15) is 9.90 Å². The predicted octanol–water partition coefficient (Wildman–Crippen LogP) is 6.67. The average molecular weight is 665 g/mol. The molecule has 2 aromatic carbocycles. The van der Waals surface area contributed by atoms with Crippen molar-refractivity contribution in [2.24, 2.45) is 11.8 Å². The van der Waals surface area contributed by atoms with Crippen LogP contribution in [0.5, 0.6) is 0 Å². The lowest BCUT2D eigenvalue weighted by Crippen LogP contribution is -2.38. The molecule has 3 aromatic rings. The quantitative estimate of drug-likeness (QED) is 0.117. The lowest BCUT2D eigenvalue weighted by Gasteiger charge is -2.26. The highest BCUT2D eigenvalue weighted by Gasteiger charge is 2.41. The highest BCUT2D eigenvalue weighted by Crippen LogP contribution is 2.43. The van der Waals surface area contributed by atoms with E-state index in [1.54, 1.807) is 29.2 Å². The first-order valence-electron chi connectivity index (χ1n) is 14.8. The number of nitrogens with zero attached hydrogens (tertiary/aromatic N) is 1. The summed E-state index contributed by atoms with van der Waals surface area (Å²) in [5.74, 6) is 0.976. The van der Waals surface area contributed by atoms with Gasteiger partial charge < -0.3 is 19.3 Å². The topological polar surface area (TPSA) is 68.2 Å². The Morgan fingerprint density at radius 2 is 1.86 bits per heavy atom. The summed E-state index contributed by atoms with van der Waals surface area (Å²) in [6.45, 7) is 5.22. The molecule has 3 unspecified atom stereocenters. The van der Waals surface area contributed by atoms with E-state index in [0.717, 1.165) is 58.7 Å². The lowest BCUT2D eigenvalue weighted by molar-refractivity contribution is 0.0195. The molecule has 1 N–H and O–H groups in total. The maximum Gasteiger partial charge on any atom is 0.338 e. The number of carbonyl (C=O) groups excluding carboxylic acids is 1. The van der Waals surface area contributed by atoms with Crippen LogP contribution in [0.25, 0.3) is 0 Å². The minimum absolute atomic E-state index is 0.0944. The molecular formula is C33H39Cl2NO5S2. The number of carbonyl (C=O) groups is 1. The van der Waals surface area contributed by atoms with Crippen LogP contribution in [0, 0.1) is 11.8 Å². The lowest BCUT2D eigenvalue weighted by atomic mass is 9.99. The van der Waals surface area contributed by atoms with Crippen molar-refractivity contribution in [2.45, 2.75) is 40.5 Å². The van der Waals surface area contributed by atoms with Gasteiger partial charge in [-0.05, 0) is 53.6 Å². The number of halogens is 2. The van der Waals surface area contributed by atoms with Gasteiger partial charge in [-0.25, -0.2) is 4.79 Å². The Hall–Kier alpha value is -1.62. The smallest absolute Gasteiger partial charge is 0.338 e. The van der Waals surface area contributed by atoms with Crippen LogP contribution < -0.4 is 0 Å². The molecule has 10 heteroatoms. The van der Waals surface area contributed by atoms with Gasteiger partial charge in [0.25, 0.3) is 0 Å². The average Bonchev–Trinajstić information content (AvgIpc) is 3.61. The third-order valence-electron chi connectivity index (χ3n) is 8.02. The second-order valence-corrected chi connectivity index (χ2v) is 14.6.